The molecule has 2 N–H and O–H groups in total. The molecule has 0 bridgehead atoms. The van der Waals surface area contributed by atoms with Crippen molar-refractivity contribution in [1.29, 1.82) is 0 Å². The molecule has 0 spiro atoms. The third-order valence-corrected chi connectivity index (χ3v) is 1.47. The lowest BCUT2D eigenvalue weighted by Crippen LogP contribution is -2.32. The van der Waals surface area contributed by atoms with Crippen LogP contribution in [0.15, 0.2) is 0 Å². The number of nitrogens with zero attached hydrogens (tertiary/aromatic N) is 1. The van der Waals surface area contributed by atoms with Gasteiger partial charge < -0.3 is 9.79 Å². The van der Waals surface area contributed by atoms with Crippen LogP contribution in [-0.2, 0) is 9.09 Å². The van der Waals surface area contributed by atoms with E-state index in [4.69, 9.17) is 9.79 Å². The molecule has 0 amide bonds. The van der Waals surface area contributed by atoms with E-state index in [2.05, 4.69) is 4.52 Å². The Kier molecular flexibility index (Phi) is 2.74. The molecule has 0 aromatic carbocycles. The summed E-state index contributed by atoms with van der Waals surface area (Å²) in [5.74, 6) is 0. The Labute approximate surface area is 62.4 Å². The number of nitro groups is 1. The van der Waals surface area contributed by atoms with E-state index in [0.717, 1.165) is 13.8 Å². The van der Waals surface area contributed by atoms with Gasteiger partial charge in [-0.15, -0.1) is 0 Å². The minimum Gasteiger partial charge on any atom is -0.302 e. The molecule has 0 heterocycles. The topological polar surface area (TPSA) is 110 Å². The van der Waals surface area contributed by atoms with Crippen molar-refractivity contribution in [1.82, 2.24) is 0 Å². The van der Waals surface area contributed by atoms with Gasteiger partial charge in [0.1, 0.15) is 0 Å². The first-order valence-electron chi connectivity index (χ1n) is 2.56. The van der Waals surface area contributed by atoms with Crippen LogP contribution in [0.1, 0.15) is 13.8 Å². The maximum absolute atomic E-state index is 10.1. The van der Waals surface area contributed by atoms with Gasteiger partial charge in [-0.2, -0.15) is 0 Å². The number of hydrogen-bond donors (Lipinski definition) is 2. The zero-order valence-electron chi connectivity index (χ0n) is 5.92. The highest BCUT2D eigenvalue weighted by atomic mass is 31.2. The fourth-order valence-corrected chi connectivity index (χ4v) is 0.973. The maximum Gasteiger partial charge on any atom is 0.475 e. The van der Waals surface area contributed by atoms with Gasteiger partial charge in [0.05, 0.1) is 4.92 Å². The summed E-state index contributed by atoms with van der Waals surface area (Å²) in [5.41, 5.74) is -2.06. The molecular weight excluding hydrogens is 177 g/mol. The molecule has 0 rings (SSSR count). The smallest absolute Gasteiger partial charge is 0.302 e. The predicted octanol–water partition coefficient (Wildman–Crippen LogP) is 0.108. The first-order chi connectivity index (χ1) is 4.65. The van der Waals surface area contributed by atoms with Crippen molar-refractivity contribution in [3.8, 4) is 0 Å². The third kappa shape index (κ3) is 4.05. The lowest BCUT2D eigenvalue weighted by atomic mass is 10.3. The highest BCUT2D eigenvalue weighted by Gasteiger charge is 2.39. The molecule has 0 aromatic heterocycles. The van der Waals surface area contributed by atoms with E-state index in [1.807, 2.05) is 0 Å². The van der Waals surface area contributed by atoms with Gasteiger partial charge in [0.15, 0.2) is 0 Å². The lowest BCUT2D eigenvalue weighted by Gasteiger charge is -2.15. The van der Waals surface area contributed by atoms with Crippen LogP contribution in [-0.4, -0.2) is 20.4 Å². The summed E-state index contributed by atoms with van der Waals surface area (Å²) >= 11 is 0. The van der Waals surface area contributed by atoms with Crippen LogP contribution in [0.5, 0.6) is 0 Å². The van der Waals surface area contributed by atoms with Crippen molar-refractivity contribution in [2.24, 2.45) is 0 Å². The monoisotopic (exact) mass is 185 g/mol. The summed E-state index contributed by atoms with van der Waals surface area (Å²) in [7, 11) is -4.78. The zero-order chi connectivity index (χ0) is 9.28. The van der Waals surface area contributed by atoms with Crippen molar-refractivity contribution < 1.29 is 23.8 Å². The van der Waals surface area contributed by atoms with E-state index in [0.29, 0.717) is 0 Å². The van der Waals surface area contributed by atoms with Gasteiger partial charge in [0, 0.05) is 13.8 Å². The molecule has 0 radical (unpaired) electrons. The Morgan fingerprint density at radius 3 is 2.00 bits per heavy atom. The predicted molar refractivity (Wildman–Crippen MR) is 34.2 cm³/mol. The minimum absolute atomic E-state index is 0.925. The molecule has 8 heteroatoms. The van der Waals surface area contributed by atoms with Crippen LogP contribution in [0.25, 0.3) is 0 Å². The first-order valence-corrected chi connectivity index (χ1v) is 4.09. The van der Waals surface area contributed by atoms with E-state index in [1.54, 1.807) is 0 Å². The van der Waals surface area contributed by atoms with Gasteiger partial charge in [-0.05, 0) is 0 Å². The fraction of sp³-hybridized carbons (Fsp3) is 1.00. The molecule has 0 aromatic rings. The SMILES string of the molecule is CC(C)(OP(=O)(O)O)[N+](=O)[O-]. The summed E-state index contributed by atoms with van der Waals surface area (Å²) < 4.78 is 14.0. The molecule has 0 atom stereocenters. The van der Waals surface area contributed by atoms with Crippen molar-refractivity contribution in [3.05, 3.63) is 10.1 Å². The highest BCUT2D eigenvalue weighted by Crippen LogP contribution is 2.41. The van der Waals surface area contributed by atoms with E-state index in [9.17, 15) is 14.7 Å². The Balaban J connectivity index is 4.37. The molecule has 0 saturated heterocycles. The van der Waals surface area contributed by atoms with E-state index in [1.165, 1.54) is 0 Å². The molecule has 0 unspecified atom stereocenters. The fourth-order valence-electron chi connectivity index (χ4n) is 0.324. The van der Waals surface area contributed by atoms with Crippen molar-refractivity contribution in [2.75, 3.05) is 0 Å². The quantitative estimate of drug-likeness (QED) is 0.279. The van der Waals surface area contributed by atoms with Crippen LogP contribution >= 0.6 is 7.82 Å². The van der Waals surface area contributed by atoms with Gasteiger partial charge in [0.25, 0.3) is 0 Å². The number of phosphoric ester groups is 1. The van der Waals surface area contributed by atoms with Crippen LogP contribution in [0, 0.1) is 10.1 Å². The summed E-state index contributed by atoms with van der Waals surface area (Å²) in [4.78, 5) is 25.5. The number of rotatable bonds is 3. The second kappa shape index (κ2) is 2.86. The largest absolute Gasteiger partial charge is 0.475 e. The number of hydrogen-bond acceptors (Lipinski definition) is 4. The number of phosphoric acid groups is 1. The maximum atomic E-state index is 10.1. The molecule has 0 saturated carbocycles. The summed E-state index contributed by atoms with van der Waals surface area (Å²) in [6, 6.07) is 0. The molecule has 0 aliphatic carbocycles. The lowest BCUT2D eigenvalue weighted by molar-refractivity contribution is -0.607. The van der Waals surface area contributed by atoms with E-state index >= 15 is 0 Å². The average Bonchev–Trinajstić information content (AvgIpc) is 1.56. The van der Waals surface area contributed by atoms with Crippen LogP contribution in [0.4, 0.5) is 0 Å². The molecule has 11 heavy (non-hydrogen) atoms. The van der Waals surface area contributed by atoms with Gasteiger partial charge in [0.2, 0.25) is 0 Å². The second-order valence-corrected chi connectivity index (χ2v) is 3.45. The zero-order valence-corrected chi connectivity index (χ0v) is 6.82. The summed E-state index contributed by atoms with van der Waals surface area (Å²) in [6.07, 6.45) is 0. The molecule has 0 aliphatic rings. The van der Waals surface area contributed by atoms with Gasteiger partial charge >= 0.3 is 13.5 Å². The molecule has 66 valence electrons. The summed E-state index contributed by atoms with van der Waals surface area (Å²) in [5, 5.41) is 10.0. The standard InChI is InChI=1S/C3H8NO6P/c1-3(2,4(5)6)10-11(7,8)9/h1-2H3,(H2,7,8,9). The Hall–Kier alpha value is -0.490. The van der Waals surface area contributed by atoms with Crippen LogP contribution in [0.2, 0.25) is 0 Å². The van der Waals surface area contributed by atoms with Crippen molar-refractivity contribution >= 4 is 7.82 Å². The Bertz CT molecular complexity index is 206. The minimum atomic E-state index is -4.78. The molecule has 7 nitrogen and oxygen atoms in total. The second-order valence-electron chi connectivity index (χ2n) is 2.29. The molecular formula is C3H8NO6P. The van der Waals surface area contributed by atoms with Gasteiger partial charge in [-0.1, -0.05) is 0 Å². The van der Waals surface area contributed by atoms with Crippen LogP contribution < -0.4 is 0 Å². The van der Waals surface area contributed by atoms with E-state index < -0.39 is 18.5 Å². The molecule has 0 fully saturated rings. The van der Waals surface area contributed by atoms with E-state index in [-0.39, 0.29) is 0 Å². The van der Waals surface area contributed by atoms with Gasteiger partial charge in [-0.25, -0.2) is 9.09 Å². The van der Waals surface area contributed by atoms with Crippen LogP contribution in [0.3, 0.4) is 0 Å². The average molecular weight is 185 g/mol. The first kappa shape index (κ1) is 10.5. The normalized spacial score (nSPS) is 13.1. The Morgan fingerprint density at radius 1 is 1.55 bits per heavy atom. The molecule has 0 aliphatic heterocycles. The summed E-state index contributed by atoms with van der Waals surface area (Å²) in [6.45, 7) is 1.90. The Morgan fingerprint density at radius 2 is 1.91 bits per heavy atom. The third-order valence-electron chi connectivity index (χ3n) is 0.782. The highest BCUT2D eigenvalue weighted by molar-refractivity contribution is 7.46. The van der Waals surface area contributed by atoms with Crippen molar-refractivity contribution in [2.45, 2.75) is 19.6 Å². The van der Waals surface area contributed by atoms with Crippen molar-refractivity contribution in [3.63, 3.8) is 0 Å². The van der Waals surface area contributed by atoms with Gasteiger partial charge in [-0.3, -0.25) is 10.1 Å².